The van der Waals surface area contributed by atoms with E-state index in [2.05, 4.69) is 6.92 Å². The number of benzene rings is 4. The molecule has 1 aliphatic heterocycles. The van der Waals surface area contributed by atoms with Gasteiger partial charge >= 0.3 is 7.60 Å². The molecule has 1 unspecified atom stereocenters. The molecule has 0 amide bonds. The van der Waals surface area contributed by atoms with E-state index >= 15 is 0 Å². The Hall–Kier alpha value is -3.17. The fourth-order valence-corrected chi connectivity index (χ4v) is 8.37. The average molecular weight is 773 g/mol. The van der Waals surface area contributed by atoms with E-state index < -0.39 is 32.0 Å². The molecule has 0 saturated carbocycles. The molecule has 298 valence electrons. The van der Waals surface area contributed by atoms with Gasteiger partial charge in [-0.25, -0.2) is 0 Å². The van der Waals surface area contributed by atoms with Crippen LogP contribution < -0.4 is 0 Å². The third-order valence-electron chi connectivity index (χ3n) is 9.66. The molecule has 1 aliphatic rings. The molecule has 1 fully saturated rings. The van der Waals surface area contributed by atoms with Crippen molar-refractivity contribution in [3.05, 3.63) is 144 Å². The third-order valence-corrected chi connectivity index (χ3v) is 11.6. The van der Waals surface area contributed by atoms with Crippen LogP contribution in [0.3, 0.4) is 0 Å². The zero-order valence-corrected chi connectivity index (χ0v) is 33.5. The molecule has 0 aliphatic carbocycles. The molecule has 5 rings (SSSR count). The van der Waals surface area contributed by atoms with Crippen molar-refractivity contribution in [1.82, 2.24) is 0 Å². The molecule has 1 saturated heterocycles. The van der Waals surface area contributed by atoms with E-state index in [1.165, 1.54) is 32.1 Å². The molecule has 9 heteroatoms. The summed E-state index contributed by atoms with van der Waals surface area (Å²) in [5.41, 5.74) is 4.03. The molecule has 5 atom stereocenters. The van der Waals surface area contributed by atoms with Crippen molar-refractivity contribution in [1.29, 1.82) is 0 Å². The Balaban J connectivity index is 1.27. The molecule has 0 spiro atoms. The summed E-state index contributed by atoms with van der Waals surface area (Å²) in [4.78, 5) is 0. The maximum atomic E-state index is 14.8. The van der Waals surface area contributed by atoms with E-state index in [0.717, 1.165) is 41.7 Å². The van der Waals surface area contributed by atoms with Gasteiger partial charge in [0.05, 0.1) is 51.9 Å². The molecule has 8 nitrogen and oxygen atoms in total. The van der Waals surface area contributed by atoms with E-state index in [0.29, 0.717) is 32.8 Å². The van der Waals surface area contributed by atoms with Crippen molar-refractivity contribution >= 4 is 7.60 Å². The summed E-state index contributed by atoms with van der Waals surface area (Å²) >= 11 is 0. The van der Waals surface area contributed by atoms with Crippen LogP contribution in [0.2, 0.25) is 0 Å². The SMILES string of the molecule is CCCCCCCCOCCCCOP(=O)(C[C@@H]1O[C@H](COCc2ccccc2)[C@@H](OCc2ccccc2)[C@@H]1OCc1ccccc1)OCc1ccccc1. The van der Waals surface area contributed by atoms with Gasteiger partial charge in [0.25, 0.3) is 0 Å². The smallest absolute Gasteiger partial charge is 0.333 e. The van der Waals surface area contributed by atoms with Gasteiger partial charge in [-0.3, -0.25) is 4.57 Å². The van der Waals surface area contributed by atoms with Gasteiger partial charge in [-0.2, -0.15) is 0 Å². The van der Waals surface area contributed by atoms with Crippen LogP contribution in [0.1, 0.15) is 80.5 Å². The van der Waals surface area contributed by atoms with Crippen LogP contribution in [0.25, 0.3) is 0 Å². The van der Waals surface area contributed by atoms with Crippen molar-refractivity contribution in [3.8, 4) is 0 Å². The molecular weight excluding hydrogens is 711 g/mol. The maximum Gasteiger partial charge on any atom is 0.333 e. The van der Waals surface area contributed by atoms with Gasteiger partial charge in [0.1, 0.15) is 18.3 Å². The van der Waals surface area contributed by atoms with Crippen molar-refractivity contribution < 1.29 is 37.3 Å². The minimum absolute atomic E-state index is 0.00814. The second kappa shape index (κ2) is 25.2. The van der Waals surface area contributed by atoms with Crippen molar-refractivity contribution in [2.75, 3.05) is 32.6 Å². The van der Waals surface area contributed by atoms with E-state index in [1.54, 1.807) is 0 Å². The summed E-state index contributed by atoms with van der Waals surface area (Å²) < 4.78 is 59.3. The molecule has 0 aromatic heterocycles. The fraction of sp³-hybridized carbons (Fsp3) is 0.478. The van der Waals surface area contributed by atoms with Crippen molar-refractivity contribution in [2.45, 2.75) is 109 Å². The maximum absolute atomic E-state index is 14.8. The average Bonchev–Trinajstić information content (AvgIpc) is 3.54. The number of ether oxygens (including phenoxy) is 5. The number of rotatable bonds is 28. The standard InChI is InChI=1S/C46H61O8P/c1-2-3-4-5-6-19-30-48-31-20-21-32-52-55(47,53-36-42-28-17-10-18-29-42)38-44-46(51-35-41-26-15-9-16-27-41)45(50-34-40-24-13-8-14-25-40)43(54-44)37-49-33-39-22-11-7-12-23-39/h7-18,22-29,43-46H,2-6,19-21,30-38H2,1H3/t43-,44+,45-,46-,55?/m1/s1. The van der Waals surface area contributed by atoms with Gasteiger partial charge in [-0.05, 0) is 41.5 Å². The van der Waals surface area contributed by atoms with Crippen molar-refractivity contribution in [3.63, 3.8) is 0 Å². The summed E-state index contributed by atoms with van der Waals surface area (Å²) in [5, 5.41) is 0. The van der Waals surface area contributed by atoms with E-state index in [9.17, 15) is 4.57 Å². The lowest BCUT2D eigenvalue weighted by atomic mass is 10.1. The van der Waals surface area contributed by atoms with Gasteiger partial charge in [0, 0.05) is 13.2 Å². The van der Waals surface area contributed by atoms with Crippen molar-refractivity contribution in [2.24, 2.45) is 0 Å². The van der Waals surface area contributed by atoms with E-state index in [-0.39, 0.29) is 26.0 Å². The minimum atomic E-state index is -3.69. The quantitative estimate of drug-likeness (QED) is 0.0417. The van der Waals surface area contributed by atoms with Crippen LogP contribution in [0.5, 0.6) is 0 Å². The van der Waals surface area contributed by atoms with Gasteiger partial charge < -0.3 is 32.7 Å². The second-order valence-electron chi connectivity index (χ2n) is 14.2. The Kier molecular flexibility index (Phi) is 19.7. The molecule has 0 radical (unpaired) electrons. The number of unbranched alkanes of at least 4 members (excludes halogenated alkanes) is 6. The van der Waals surface area contributed by atoms with Crippen LogP contribution in [0.4, 0.5) is 0 Å². The molecule has 0 bridgehead atoms. The monoisotopic (exact) mass is 772 g/mol. The predicted octanol–water partition coefficient (Wildman–Crippen LogP) is 10.7. The zero-order valence-electron chi connectivity index (χ0n) is 32.6. The summed E-state index contributed by atoms with van der Waals surface area (Å²) in [5.74, 6) is 0. The second-order valence-corrected chi connectivity index (χ2v) is 16.3. The number of hydrogen-bond acceptors (Lipinski definition) is 8. The highest BCUT2D eigenvalue weighted by molar-refractivity contribution is 7.53. The summed E-state index contributed by atoms with van der Waals surface area (Å²) in [6, 6.07) is 39.9. The van der Waals surface area contributed by atoms with Gasteiger partial charge in [0.2, 0.25) is 0 Å². The predicted molar refractivity (Wildman–Crippen MR) is 218 cm³/mol. The Morgan fingerprint density at radius 2 is 0.945 bits per heavy atom. The molecule has 1 heterocycles. The molecule has 4 aromatic carbocycles. The Morgan fingerprint density at radius 3 is 1.51 bits per heavy atom. The topological polar surface area (TPSA) is 81.7 Å². The van der Waals surface area contributed by atoms with Crippen LogP contribution in [-0.2, 0) is 63.7 Å². The molecular formula is C46H61O8P. The van der Waals surface area contributed by atoms with Gasteiger partial charge in [0.15, 0.2) is 0 Å². The number of hydrogen-bond donors (Lipinski definition) is 0. The first-order valence-corrected chi connectivity index (χ1v) is 21.9. The summed E-state index contributed by atoms with van der Waals surface area (Å²) in [6.07, 6.45) is 6.76. The Labute approximate surface area is 329 Å². The normalized spacial score (nSPS) is 19.4. The lowest BCUT2D eigenvalue weighted by Crippen LogP contribution is -2.40. The summed E-state index contributed by atoms with van der Waals surface area (Å²) in [6.45, 7) is 5.50. The molecule has 0 N–H and O–H groups in total. The third kappa shape index (κ3) is 16.1. The van der Waals surface area contributed by atoms with Crippen LogP contribution >= 0.6 is 7.60 Å². The first-order valence-electron chi connectivity index (χ1n) is 20.2. The first-order chi connectivity index (χ1) is 27.1. The van der Waals surface area contributed by atoms with Crippen LogP contribution in [0, 0.1) is 0 Å². The fourth-order valence-electron chi connectivity index (χ4n) is 6.59. The van der Waals surface area contributed by atoms with Crippen LogP contribution in [-0.4, -0.2) is 57.0 Å². The lowest BCUT2D eigenvalue weighted by Gasteiger charge is -2.27. The van der Waals surface area contributed by atoms with E-state index in [4.69, 9.17) is 32.7 Å². The van der Waals surface area contributed by atoms with Crippen LogP contribution in [0.15, 0.2) is 121 Å². The molecule has 55 heavy (non-hydrogen) atoms. The van der Waals surface area contributed by atoms with Gasteiger partial charge in [-0.15, -0.1) is 0 Å². The van der Waals surface area contributed by atoms with Gasteiger partial charge in [-0.1, -0.05) is 160 Å². The summed E-state index contributed by atoms with van der Waals surface area (Å²) in [7, 11) is -3.69. The highest BCUT2D eigenvalue weighted by atomic mass is 31.2. The first kappa shape index (κ1) is 43.0. The minimum Gasteiger partial charge on any atom is -0.381 e. The highest BCUT2D eigenvalue weighted by Gasteiger charge is 2.49. The van der Waals surface area contributed by atoms with E-state index in [1.807, 2.05) is 121 Å². The molecule has 4 aromatic rings. The largest absolute Gasteiger partial charge is 0.381 e. The Morgan fingerprint density at radius 1 is 0.491 bits per heavy atom. The Bertz CT molecular complexity index is 1590. The lowest BCUT2D eigenvalue weighted by molar-refractivity contribution is -0.0897. The highest BCUT2D eigenvalue weighted by Crippen LogP contribution is 2.52. The zero-order chi connectivity index (χ0) is 38.2.